The minimum absolute atomic E-state index is 0.0182. The minimum atomic E-state index is -4.50. The molecule has 0 unspecified atom stereocenters. The average molecular weight is 432 g/mol. The number of halogens is 3. The van der Waals surface area contributed by atoms with Crippen molar-refractivity contribution in [1.29, 1.82) is 0 Å². The molecule has 0 saturated carbocycles. The number of oxazole rings is 1. The molecule has 0 bridgehead atoms. The number of hydrogen-bond donors (Lipinski definition) is 2. The molecule has 0 aliphatic heterocycles. The van der Waals surface area contributed by atoms with Crippen LogP contribution in [0.3, 0.4) is 0 Å². The number of aromatic carboxylic acids is 1. The van der Waals surface area contributed by atoms with E-state index in [-0.39, 0.29) is 27.6 Å². The van der Waals surface area contributed by atoms with Crippen LogP contribution in [0.4, 0.5) is 18.2 Å². The van der Waals surface area contributed by atoms with Gasteiger partial charge in [-0.25, -0.2) is 9.78 Å². The molecule has 152 valence electrons. The van der Waals surface area contributed by atoms with Crippen molar-refractivity contribution in [2.45, 2.75) is 6.18 Å². The molecule has 0 fully saturated rings. The molecule has 2 heterocycles. The van der Waals surface area contributed by atoms with Crippen LogP contribution in [0, 0.1) is 0 Å². The maximum atomic E-state index is 12.8. The summed E-state index contributed by atoms with van der Waals surface area (Å²) in [6.07, 6.45) is -4.50. The van der Waals surface area contributed by atoms with Crippen molar-refractivity contribution in [1.82, 2.24) is 4.98 Å². The molecule has 2 N–H and O–H groups in total. The monoisotopic (exact) mass is 432 g/mol. The van der Waals surface area contributed by atoms with E-state index in [0.717, 1.165) is 23.5 Å². The molecule has 6 nitrogen and oxygen atoms in total. The lowest BCUT2D eigenvalue weighted by molar-refractivity contribution is -0.137. The summed E-state index contributed by atoms with van der Waals surface area (Å²) in [4.78, 5) is 28.3. The first-order chi connectivity index (χ1) is 14.2. The van der Waals surface area contributed by atoms with Gasteiger partial charge in [0.15, 0.2) is 5.58 Å². The van der Waals surface area contributed by atoms with Gasteiger partial charge in [0.05, 0.1) is 5.56 Å². The molecule has 0 aliphatic carbocycles. The van der Waals surface area contributed by atoms with Crippen molar-refractivity contribution in [2.24, 2.45) is 0 Å². The quantitative estimate of drug-likeness (QED) is 0.443. The lowest BCUT2D eigenvalue weighted by Crippen LogP contribution is -2.13. The van der Waals surface area contributed by atoms with Crippen LogP contribution in [-0.2, 0) is 6.18 Å². The summed E-state index contributed by atoms with van der Waals surface area (Å²) in [5.41, 5.74) is 0.260. The molecule has 0 saturated heterocycles. The van der Waals surface area contributed by atoms with Crippen LogP contribution in [0.15, 0.2) is 58.3 Å². The Bertz CT molecular complexity index is 1230. The number of thiophene rings is 1. The van der Waals surface area contributed by atoms with E-state index in [1.807, 2.05) is 0 Å². The summed E-state index contributed by atoms with van der Waals surface area (Å²) in [7, 11) is 0. The predicted molar refractivity (Wildman–Crippen MR) is 104 cm³/mol. The minimum Gasteiger partial charge on any atom is -0.478 e. The Morgan fingerprint density at radius 1 is 1.07 bits per heavy atom. The Morgan fingerprint density at radius 2 is 1.77 bits per heavy atom. The summed E-state index contributed by atoms with van der Waals surface area (Å²) < 4.78 is 43.6. The molecular weight excluding hydrogens is 421 g/mol. The van der Waals surface area contributed by atoms with Crippen molar-refractivity contribution >= 4 is 39.3 Å². The number of fused-ring (bicyclic) bond motifs is 1. The summed E-state index contributed by atoms with van der Waals surface area (Å²) in [6, 6.07) is 10.8. The molecule has 0 spiro atoms. The van der Waals surface area contributed by atoms with E-state index in [2.05, 4.69) is 10.3 Å². The lowest BCUT2D eigenvalue weighted by Gasteiger charge is -2.08. The third-order valence-corrected chi connectivity index (χ3v) is 5.14. The third-order valence-electron chi connectivity index (χ3n) is 4.24. The maximum Gasteiger partial charge on any atom is 0.416 e. The molecule has 0 radical (unpaired) electrons. The zero-order chi connectivity index (χ0) is 21.5. The van der Waals surface area contributed by atoms with E-state index in [9.17, 15) is 27.9 Å². The van der Waals surface area contributed by atoms with Gasteiger partial charge >= 0.3 is 18.1 Å². The van der Waals surface area contributed by atoms with Crippen molar-refractivity contribution in [3.05, 3.63) is 70.9 Å². The zero-order valence-corrected chi connectivity index (χ0v) is 15.7. The molecule has 1 amide bonds. The number of rotatable bonds is 4. The molecule has 4 aromatic rings. The molecular formula is C20H11F3N2O4S. The van der Waals surface area contributed by atoms with Crippen LogP contribution in [-0.4, -0.2) is 22.0 Å². The maximum absolute atomic E-state index is 12.8. The van der Waals surface area contributed by atoms with E-state index >= 15 is 0 Å². The van der Waals surface area contributed by atoms with Crippen molar-refractivity contribution in [2.75, 3.05) is 5.32 Å². The number of hydrogen-bond acceptors (Lipinski definition) is 5. The van der Waals surface area contributed by atoms with Gasteiger partial charge in [-0.05, 0) is 29.8 Å². The molecule has 0 atom stereocenters. The Balaban J connectivity index is 1.65. The smallest absolute Gasteiger partial charge is 0.416 e. The van der Waals surface area contributed by atoms with Gasteiger partial charge in [0.1, 0.15) is 16.1 Å². The highest BCUT2D eigenvalue weighted by Crippen LogP contribution is 2.37. The summed E-state index contributed by atoms with van der Waals surface area (Å²) in [6.45, 7) is 0. The van der Waals surface area contributed by atoms with Gasteiger partial charge in [-0.2, -0.15) is 13.2 Å². The van der Waals surface area contributed by atoms with E-state index < -0.39 is 23.6 Å². The average Bonchev–Trinajstić information content (AvgIpc) is 3.31. The van der Waals surface area contributed by atoms with Gasteiger partial charge in [-0.3, -0.25) is 4.79 Å². The fourth-order valence-electron chi connectivity index (χ4n) is 2.84. The van der Waals surface area contributed by atoms with Crippen LogP contribution >= 0.6 is 11.3 Å². The highest BCUT2D eigenvalue weighted by Gasteiger charge is 2.30. The van der Waals surface area contributed by atoms with Gasteiger partial charge in [-0.1, -0.05) is 24.3 Å². The first-order valence-electron chi connectivity index (χ1n) is 8.43. The predicted octanol–water partition coefficient (Wildman–Crippen LogP) is 5.53. The van der Waals surface area contributed by atoms with E-state index in [1.54, 1.807) is 24.3 Å². The van der Waals surface area contributed by atoms with Crippen LogP contribution < -0.4 is 5.32 Å². The van der Waals surface area contributed by atoms with E-state index in [4.69, 9.17) is 4.42 Å². The SMILES string of the molecule is O=C(Nc1scc(-c2ccc(C(F)(F)F)cc2)c1C(=O)O)c1nc2ccccc2o1. The van der Waals surface area contributed by atoms with Gasteiger partial charge < -0.3 is 14.8 Å². The highest BCUT2D eigenvalue weighted by molar-refractivity contribution is 7.15. The molecule has 0 aliphatic rings. The number of carboxylic acids is 1. The zero-order valence-electron chi connectivity index (χ0n) is 14.9. The van der Waals surface area contributed by atoms with Crippen LogP contribution in [0.25, 0.3) is 22.2 Å². The van der Waals surface area contributed by atoms with Gasteiger partial charge in [-0.15, -0.1) is 11.3 Å². The van der Waals surface area contributed by atoms with Crippen LogP contribution in [0.1, 0.15) is 26.6 Å². The Labute approximate surface area is 170 Å². The van der Waals surface area contributed by atoms with Gasteiger partial charge in [0.25, 0.3) is 5.89 Å². The third kappa shape index (κ3) is 3.64. The highest BCUT2D eigenvalue weighted by atomic mass is 32.1. The molecule has 30 heavy (non-hydrogen) atoms. The number of carbonyl (C=O) groups excluding carboxylic acids is 1. The standard InChI is InChI=1S/C20H11F3N2O4S/c21-20(22,23)11-7-5-10(6-8-11)12-9-30-18(15(12)19(27)28)25-16(26)17-24-13-3-1-2-4-14(13)29-17/h1-9H,(H,25,26)(H,27,28). The summed E-state index contributed by atoms with van der Waals surface area (Å²) in [5.74, 6) is -2.31. The number of carbonyl (C=O) groups is 2. The number of para-hydroxylation sites is 2. The fraction of sp³-hybridized carbons (Fsp3) is 0.0500. The number of benzene rings is 2. The Kier molecular flexibility index (Phi) is 4.78. The first kappa shape index (κ1) is 19.6. The number of alkyl halides is 3. The second-order valence-electron chi connectivity index (χ2n) is 6.17. The van der Waals surface area contributed by atoms with E-state index in [0.29, 0.717) is 11.1 Å². The second-order valence-corrected chi connectivity index (χ2v) is 7.05. The summed E-state index contributed by atoms with van der Waals surface area (Å²) in [5, 5.41) is 13.5. The molecule has 2 aromatic heterocycles. The molecule has 10 heteroatoms. The molecule has 2 aromatic carbocycles. The molecule has 4 rings (SSSR count). The van der Waals surface area contributed by atoms with Crippen molar-refractivity contribution in [3.63, 3.8) is 0 Å². The normalized spacial score (nSPS) is 11.6. The number of nitrogens with one attached hydrogen (secondary N) is 1. The van der Waals surface area contributed by atoms with Gasteiger partial charge in [0.2, 0.25) is 0 Å². The van der Waals surface area contributed by atoms with Gasteiger partial charge in [0, 0.05) is 10.9 Å². The number of anilines is 1. The van der Waals surface area contributed by atoms with Crippen molar-refractivity contribution < 1.29 is 32.3 Å². The summed E-state index contributed by atoms with van der Waals surface area (Å²) >= 11 is 0.935. The second kappa shape index (κ2) is 7.30. The Morgan fingerprint density at radius 3 is 2.40 bits per heavy atom. The van der Waals surface area contributed by atoms with Crippen LogP contribution in [0.5, 0.6) is 0 Å². The van der Waals surface area contributed by atoms with Crippen molar-refractivity contribution in [3.8, 4) is 11.1 Å². The largest absolute Gasteiger partial charge is 0.478 e. The first-order valence-corrected chi connectivity index (χ1v) is 9.31. The number of carboxylic acid groups (broad SMARTS) is 1. The number of aromatic nitrogens is 1. The number of amides is 1. The fourth-order valence-corrected chi connectivity index (χ4v) is 3.80. The van der Waals surface area contributed by atoms with E-state index in [1.165, 1.54) is 17.5 Å². The van der Waals surface area contributed by atoms with Crippen LogP contribution in [0.2, 0.25) is 0 Å². The number of nitrogens with zero attached hydrogens (tertiary/aromatic N) is 1. The lowest BCUT2D eigenvalue weighted by atomic mass is 10.0. The Hall–Kier alpha value is -3.66. The topological polar surface area (TPSA) is 92.4 Å².